The molecule has 1 N–H and O–H groups in total. The smallest absolute Gasteiger partial charge is 0.242 e. The van der Waals surface area contributed by atoms with Gasteiger partial charge in [0.15, 0.2) is 0 Å². The summed E-state index contributed by atoms with van der Waals surface area (Å²) >= 11 is 0. The Morgan fingerprint density at radius 3 is 2.42 bits per heavy atom. The third kappa shape index (κ3) is 4.81. The van der Waals surface area contributed by atoms with Gasteiger partial charge in [0.05, 0.1) is 12.7 Å². The molecular weight excluding hydrogens is 390 g/mol. The molecule has 7 heteroatoms. The molecule has 0 aromatic carbocycles. The third-order valence-corrected chi connectivity index (χ3v) is 8.24. The van der Waals surface area contributed by atoms with Gasteiger partial charge in [-0.25, -0.2) is 0 Å². The van der Waals surface area contributed by atoms with Gasteiger partial charge in [-0.3, -0.25) is 19.2 Å². The lowest BCUT2D eigenvalue weighted by atomic mass is 9.49. The molecule has 2 amide bonds. The molecule has 1 aromatic rings. The zero-order valence-corrected chi connectivity index (χ0v) is 18.9. The highest BCUT2D eigenvalue weighted by molar-refractivity contribution is 5.85. The van der Waals surface area contributed by atoms with Crippen molar-refractivity contribution < 1.29 is 9.59 Å². The molecule has 0 radical (unpaired) electrons. The molecule has 7 nitrogen and oxygen atoms in total. The second-order valence-electron chi connectivity index (χ2n) is 10.9. The molecule has 170 valence electrons. The molecule has 4 saturated carbocycles. The molecule has 6 rings (SSSR count). The first-order valence-corrected chi connectivity index (χ1v) is 12.2. The molecule has 0 spiro atoms. The topological polar surface area (TPSA) is 70.5 Å². The second-order valence-corrected chi connectivity index (χ2v) is 10.9. The number of hydrogen-bond donors (Lipinski definition) is 1. The molecule has 2 heterocycles. The van der Waals surface area contributed by atoms with Gasteiger partial charge >= 0.3 is 0 Å². The first-order valence-electron chi connectivity index (χ1n) is 12.2. The second kappa shape index (κ2) is 8.57. The van der Waals surface area contributed by atoms with Crippen LogP contribution in [0.3, 0.4) is 0 Å². The lowest BCUT2D eigenvalue weighted by molar-refractivity contribution is -0.135. The van der Waals surface area contributed by atoms with E-state index in [1.54, 1.807) is 0 Å². The Morgan fingerprint density at radius 1 is 1.06 bits per heavy atom. The van der Waals surface area contributed by atoms with Crippen LogP contribution in [0.25, 0.3) is 0 Å². The van der Waals surface area contributed by atoms with Gasteiger partial charge < -0.3 is 10.2 Å². The minimum atomic E-state index is 0.0575. The lowest BCUT2D eigenvalue weighted by Crippen LogP contribution is -2.49. The van der Waals surface area contributed by atoms with Crippen LogP contribution < -0.4 is 5.32 Å². The van der Waals surface area contributed by atoms with E-state index in [9.17, 15) is 9.59 Å². The van der Waals surface area contributed by atoms with Crippen molar-refractivity contribution in [2.75, 3.05) is 32.7 Å². The molecule has 1 saturated heterocycles. The maximum Gasteiger partial charge on any atom is 0.242 e. The number of aromatic nitrogens is 2. The summed E-state index contributed by atoms with van der Waals surface area (Å²) in [4.78, 5) is 29.8. The van der Waals surface area contributed by atoms with Crippen LogP contribution in [0.2, 0.25) is 0 Å². The first kappa shape index (κ1) is 21.0. The molecule has 0 atom stereocenters. The van der Waals surface area contributed by atoms with E-state index in [-0.39, 0.29) is 23.8 Å². The van der Waals surface area contributed by atoms with E-state index in [1.807, 2.05) is 29.0 Å². The largest absolute Gasteiger partial charge is 0.347 e. The SMILES string of the molecule is Cn1cc(CN2CCCN(C(=O)CNC(=O)CC34CC5CC(CC(C5)C3)C4)CC2)cn1. The predicted octanol–water partition coefficient (Wildman–Crippen LogP) is 2.18. The van der Waals surface area contributed by atoms with Crippen LogP contribution in [0.1, 0.15) is 56.9 Å². The minimum absolute atomic E-state index is 0.0575. The number of carbonyl (C=O) groups is 2. The van der Waals surface area contributed by atoms with Gasteiger partial charge in [-0.05, 0) is 68.1 Å². The predicted molar refractivity (Wildman–Crippen MR) is 118 cm³/mol. The number of nitrogens with zero attached hydrogens (tertiary/aromatic N) is 4. The number of aryl methyl sites for hydroxylation is 1. The third-order valence-electron chi connectivity index (χ3n) is 8.24. The van der Waals surface area contributed by atoms with Crippen LogP contribution in [0.15, 0.2) is 12.4 Å². The van der Waals surface area contributed by atoms with Crippen molar-refractivity contribution in [3.05, 3.63) is 18.0 Å². The molecule has 5 aliphatic rings. The van der Waals surface area contributed by atoms with Gasteiger partial charge in [-0.15, -0.1) is 0 Å². The normalized spacial score (nSPS) is 32.8. The maximum atomic E-state index is 12.8. The summed E-state index contributed by atoms with van der Waals surface area (Å²) < 4.78 is 1.83. The summed E-state index contributed by atoms with van der Waals surface area (Å²) in [5.74, 6) is 2.71. The Balaban J connectivity index is 1.07. The monoisotopic (exact) mass is 427 g/mol. The zero-order chi connectivity index (χ0) is 21.4. The number of rotatable bonds is 6. The van der Waals surface area contributed by atoms with Crippen molar-refractivity contribution >= 4 is 11.8 Å². The van der Waals surface area contributed by atoms with E-state index in [0.29, 0.717) is 6.42 Å². The summed E-state index contributed by atoms with van der Waals surface area (Å²) in [5.41, 5.74) is 1.44. The van der Waals surface area contributed by atoms with Crippen molar-refractivity contribution in [1.82, 2.24) is 24.9 Å². The highest BCUT2D eigenvalue weighted by atomic mass is 16.2. The number of carbonyl (C=O) groups excluding carboxylic acids is 2. The van der Waals surface area contributed by atoms with E-state index in [0.717, 1.165) is 56.9 Å². The molecule has 1 aliphatic heterocycles. The molecule has 4 aliphatic carbocycles. The minimum Gasteiger partial charge on any atom is -0.347 e. The van der Waals surface area contributed by atoms with Crippen LogP contribution >= 0.6 is 0 Å². The molecule has 5 fully saturated rings. The average Bonchev–Trinajstić information content (AvgIpc) is 2.97. The van der Waals surface area contributed by atoms with Crippen LogP contribution in [0, 0.1) is 23.2 Å². The lowest BCUT2D eigenvalue weighted by Gasteiger charge is -2.56. The van der Waals surface area contributed by atoms with E-state index in [2.05, 4.69) is 15.3 Å². The van der Waals surface area contributed by atoms with E-state index >= 15 is 0 Å². The molecule has 0 unspecified atom stereocenters. The van der Waals surface area contributed by atoms with Crippen LogP contribution in [0.4, 0.5) is 0 Å². The average molecular weight is 428 g/mol. The van der Waals surface area contributed by atoms with Gasteiger partial charge in [0.25, 0.3) is 0 Å². The van der Waals surface area contributed by atoms with Crippen molar-refractivity contribution in [1.29, 1.82) is 0 Å². The van der Waals surface area contributed by atoms with E-state index in [4.69, 9.17) is 0 Å². The summed E-state index contributed by atoms with van der Waals surface area (Å²) in [6.45, 7) is 4.36. The first-order chi connectivity index (χ1) is 15.0. The van der Waals surface area contributed by atoms with E-state index < -0.39 is 0 Å². The fraction of sp³-hybridized carbons (Fsp3) is 0.792. The highest BCUT2D eigenvalue weighted by Gasteiger charge is 2.51. The summed E-state index contributed by atoms with van der Waals surface area (Å²) in [7, 11) is 1.93. The summed E-state index contributed by atoms with van der Waals surface area (Å²) in [5, 5.41) is 7.22. The van der Waals surface area contributed by atoms with Crippen LogP contribution in [0.5, 0.6) is 0 Å². The van der Waals surface area contributed by atoms with E-state index in [1.165, 1.54) is 44.1 Å². The zero-order valence-electron chi connectivity index (χ0n) is 18.9. The van der Waals surface area contributed by atoms with Gasteiger partial charge in [-0.2, -0.15) is 5.10 Å². The summed E-state index contributed by atoms with van der Waals surface area (Å²) in [6, 6.07) is 0. The Bertz CT molecular complexity index is 783. The summed E-state index contributed by atoms with van der Waals surface area (Å²) in [6.07, 6.45) is 13.4. The Labute approximate surface area is 185 Å². The quantitative estimate of drug-likeness (QED) is 0.755. The Morgan fingerprint density at radius 2 is 1.77 bits per heavy atom. The molecule has 1 aromatic heterocycles. The van der Waals surface area contributed by atoms with Gasteiger partial charge in [0.1, 0.15) is 0 Å². The molecule has 4 bridgehead atoms. The highest BCUT2D eigenvalue weighted by Crippen LogP contribution is 2.61. The number of nitrogens with one attached hydrogen (secondary N) is 1. The maximum absolute atomic E-state index is 12.8. The number of amides is 2. The standard InChI is InChI=1S/C24H37N5O2/c1-27-16-21(14-26-27)17-28-3-2-4-29(6-5-28)23(31)15-25-22(30)13-24-10-18-7-19(11-24)9-20(8-18)12-24/h14,16,18-20H,2-13,15,17H2,1H3,(H,25,30). The van der Waals surface area contributed by atoms with Gasteiger partial charge in [-0.1, -0.05) is 0 Å². The van der Waals surface area contributed by atoms with Crippen molar-refractivity contribution in [3.8, 4) is 0 Å². The number of hydrogen-bond acceptors (Lipinski definition) is 4. The molecule has 31 heavy (non-hydrogen) atoms. The molecular formula is C24H37N5O2. The van der Waals surface area contributed by atoms with Crippen molar-refractivity contribution in [2.24, 2.45) is 30.2 Å². The van der Waals surface area contributed by atoms with Crippen molar-refractivity contribution in [3.63, 3.8) is 0 Å². The van der Waals surface area contributed by atoms with Crippen LogP contribution in [-0.4, -0.2) is 64.1 Å². The Kier molecular flexibility index (Phi) is 5.80. The fourth-order valence-corrected chi connectivity index (χ4v) is 7.39. The fourth-order valence-electron chi connectivity index (χ4n) is 7.39. The van der Waals surface area contributed by atoms with Crippen molar-refractivity contribution in [2.45, 2.75) is 57.9 Å². The van der Waals surface area contributed by atoms with Crippen LogP contribution in [-0.2, 0) is 23.2 Å². The van der Waals surface area contributed by atoms with Gasteiger partial charge in [0.2, 0.25) is 11.8 Å². The Hall–Kier alpha value is -1.89. The van der Waals surface area contributed by atoms with Gasteiger partial charge in [0, 0.05) is 58.0 Å².